The van der Waals surface area contributed by atoms with Gasteiger partial charge in [0.1, 0.15) is 5.69 Å². The summed E-state index contributed by atoms with van der Waals surface area (Å²) in [5.74, 6) is -0.995. The lowest BCUT2D eigenvalue weighted by molar-refractivity contribution is -0.141. The number of alkyl halides is 3. The smallest absolute Gasteiger partial charge is 0.435 e. The van der Waals surface area contributed by atoms with Crippen LogP contribution in [0.2, 0.25) is 0 Å². The van der Waals surface area contributed by atoms with Crippen molar-refractivity contribution < 1.29 is 27.9 Å². The molecule has 0 radical (unpaired) electrons. The zero-order valence-corrected chi connectivity index (χ0v) is 15.0. The topological polar surface area (TPSA) is 87.5 Å². The quantitative estimate of drug-likeness (QED) is 0.835. The van der Waals surface area contributed by atoms with Crippen LogP contribution in [0.3, 0.4) is 0 Å². The molecule has 3 rings (SSSR count). The Kier molecular flexibility index (Phi) is 5.30. The van der Waals surface area contributed by atoms with Gasteiger partial charge in [-0.15, -0.1) is 0 Å². The summed E-state index contributed by atoms with van der Waals surface area (Å²) < 4.78 is 39.4. The number of aromatic nitrogens is 2. The minimum atomic E-state index is -4.64. The van der Waals surface area contributed by atoms with Crippen molar-refractivity contribution in [1.29, 1.82) is 0 Å². The van der Waals surface area contributed by atoms with Crippen LogP contribution in [0.5, 0.6) is 0 Å². The summed E-state index contributed by atoms with van der Waals surface area (Å²) in [7, 11) is 1.27. The molecule has 150 valence electrons. The van der Waals surface area contributed by atoms with Crippen LogP contribution < -0.4 is 5.32 Å². The predicted octanol–water partition coefficient (Wildman–Crippen LogP) is 2.70. The Labute approximate surface area is 158 Å². The lowest BCUT2D eigenvalue weighted by Gasteiger charge is -2.38. The fourth-order valence-electron chi connectivity index (χ4n) is 3.40. The van der Waals surface area contributed by atoms with Gasteiger partial charge in [-0.25, -0.2) is 4.79 Å². The molecule has 1 aromatic heterocycles. The van der Waals surface area contributed by atoms with Crippen LogP contribution in [0.15, 0.2) is 36.4 Å². The lowest BCUT2D eigenvalue weighted by Crippen LogP contribution is -2.51. The second-order valence-electron chi connectivity index (χ2n) is 6.65. The molecule has 2 N–H and O–H groups in total. The molecule has 0 unspecified atom stereocenters. The summed E-state index contributed by atoms with van der Waals surface area (Å²) in [6, 6.07) is 9.40. The van der Waals surface area contributed by atoms with Gasteiger partial charge in [-0.2, -0.15) is 18.3 Å². The Hall–Kier alpha value is -3.04. The number of carbonyl (C=O) groups excluding carboxylic acids is 1. The monoisotopic (exact) mass is 396 g/mol. The summed E-state index contributed by atoms with van der Waals surface area (Å²) in [4.78, 5) is 25.2. The van der Waals surface area contributed by atoms with Gasteiger partial charge in [0.25, 0.3) is 5.91 Å². The Morgan fingerprint density at radius 3 is 2.50 bits per heavy atom. The minimum absolute atomic E-state index is 0.184. The summed E-state index contributed by atoms with van der Waals surface area (Å²) >= 11 is 0. The SMILES string of the molecule is Cn1nc(C(F)(F)F)cc1C(=O)N[C@@H]1CCN(C(=O)O)C[C@@H]1c1ccccc1. The first-order valence-electron chi connectivity index (χ1n) is 8.61. The van der Waals surface area contributed by atoms with E-state index in [1.807, 2.05) is 30.3 Å². The number of nitrogens with zero attached hydrogens (tertiary/aromatic N) is 3. The number of halogens is 3. The van der Waals surface area contributed by atoms with Gasteiger partial charge in [0, 0.05) is 38.2 Å². The first-order valence-corrected chi connectivity index (χ1v) is 8.61. The van der Waals surface area contributed by atoms with Crippen molar-refractivity contribution in [3.05, 3.63) is 53.3 Å². The van der Waals surface area contributed by atoms with Crippen LogP contribution >= 0.6 is 0 Å². The molecule has 1 aromatic carbocycles. The second-order valence-corrected chi connectivity index (χ2v) is 6.65. The maximum absolute atomic E-state index is 12.8. The largest absolute Gasteiger partial charge is 0.465 e. The third-order valence-corrected chi connectivity index (χ3v) is 4.83. The first kappa shape index (κ1) is 19.7. The highest BCUT2D eigenvalue weighted by Gasteiger charge is 2.37. The highest BCUT2D eigenvalue weighted by Crippen LogP contribution is 2.30. The highest BCUT2D eigenvalue weighted by molar-refractivity contribution is 5.93. The van der Waals surface area contributed by atoms with Crippen LogP contribution in [0.1, 0.15) is 34.1 Å². The molecule has 7 nitrogen and oxygen atoms in total. The molecule has 1 aliphatic rings. The van der Waals surface area contributed by atoms with Crippen LogP contribution in [-0.2, 0) is 13.2 Å². The number of piperidine rings is 1. The molecule has 2 atom stereocenters. The fraction of sp³-hybridized carbons (Fsp3) is 0.389. The molecule has 2 heterocycles. The van der Waals surface area contributed by atoms with E-state index in [1.54, 1.807) is 0 Å². The van der Waals surface area contributed by atoms with Gasteiger partial charge in [0.15, 0.2) is 5.69 Å². The van der Waals surface area contributed by atoms with Crippen molar-refractivity contribution >= 4 is 12.0 Å². The van der Waals surface area contributed by atoms with E-state index in [0.717, 1.165) is 10.2 Å². The molecule has 0 bridgehead atoms. The number of benzene rings is 1. The molecule has 1 fully saturated rings. The van der Waals surface area contributed by atoms with Crippen molar-refractivity contribution in [1.82, 2.24) is 20.0 Å². The Morgan fingerprint density at radius 1 is 1.25 bits per heavy atom. The van der Waals surface area contributed by atoms with Crippen molar-refractivity contribution in [2.45, 2.75) is 24.6 Å². The van der Waals surface area contributed by atoms with Crippen molar-refractivity contribution in [3.8, 4) is 0 Å². The summed E-state index contributed by atoms with van der Waals surface area (Å²) in [5, 5.41) is 15.4. The average Bonchev–Trinajstić information content (AvgIpc) is 3.05. The van der Waals surface area contributed by atoms with E-state index in [2.05, 4.69) is 10.4 Å². The molecule has 0 aliphatic carbocycles. The second kappa shape index (κ2) is 7.53. The summed E-state index contributed by atoms with van der Waals surface area (Å²) in [6.45, 7) is 0.409. The van der Waals surface area contributed by atoms with E-state index >= 15 is 0 Å². The van der Waals surface area contributed by atoms with E-state index < -0.39 is 29.9 Å². The lowest BCUT2D eigenvalue weighted by atomic mass is 9.86. The molecule has 2 aromatic rings. The van der Waals surface area contributed by atoms with Gasteiger partial charge in [0.2, 0.25) is 0 Å². The first-order chi connectivity index (χ1) is 13.2. The number of hydrogen-bond acceptors (Lipinski definition) is 3. The third kappa shape index (κ3) is 4.10. The normalized spacial score (nSPS) is 20.1. The number of rotatable bonds is 3. The van der Waals surface area contributed by atoms with E-state index in [0.29, 0.717) is 12.5 Å². The molecule has 2 amide bonds. The number of likely N-dealkylation sites (tertiary alicyclic amines) is 1. The molecular formula is C18H19F3N4O3. The van der Waals surface area contributed by atoms with E-state index in [4.69, 9.17) is 0 Å². The van der Waals surface area contributed by atoms with Crippen molar-refractivity contribution in [3.63, 3.8) is 0 Å². The summed E-state index contributed by atoms with van der Waals surface area (Å²) in [5.41, 5.74) is -0.500. The van der Waals surface area contributed by atoms with Gasteiger partial charge >= 0.3 is 12.3 Å². The van der Waals surface area contributed by atoms with Crippen LogP contribution in [0.25, 0.3) is 0 Å². The number of carbonyl (C=O) groups is 2. The molecule has 1 saturated heterocycles. The number of nitrogens with one attached hydrogen (secondary N) is 1. The van der Waals surface area contributed by atoms with Gasteiger partial charge in [-0.3, -0.25) is 9.48 Å². The Morgan fingerprint density at radius 2 is 1.93 bits per heavy atom. The summed E-state index contributed by atoms with van der Waals surface area (Å²) in [6.07, 6.45) is -5.34. The number of amides is 2. The van der Waals surface area contributed by atoms with E-state index in [1.165, 1.54) is 11.9 Å². The third-order valence-electron chi connectivity index (χ3n) is 4.83. The number of carboxylic acid groups (broad SMARTS) is 1. The number of hydrogen-bond donors (Lipinski definition) is 2. The molecule has 10 heteroatoms. The molecule has 0 spiro atoms. The van der Waals surface area contributed by atoms with Gasteiger partial charge in [0.05, 0.1) is 0 Å². The highest BCUT2D eigenvalue weighted by atomic mass is 19.4. The Bertz CT molecular complexity index is 867. The molecular weight excluding hydrogens is 377 g/mol. The molecule has 28 heavy (non-hydrogen) atoms. The van der Waals surface area contributed by atoms with Gasteiger partial charge in [-0.05, 0) is 12.0 Å². The maximum Gasteiger partial charge on any atom is 0.435 e. The van der Waals surface area contributed by atoms with E-state index in [9.17, 15) is 27.9 Å². The van der Waals surface area contributed by atoms with Gasteiger partial charge in [-0.1, -0.05) is 30.3 Å². The fourth-order valence-corrected chi connectivity index (χ4v) is 3.40. The van der Waals surface area contributed by atoms with Gasteiger partial charge < -0.3 is 15.3 Å². The van der Waals surface area contributed by atoms with E-state index in [-0.39, 0.29) is 24.7 Å². The van der Waals surface area contributed by atoms with Crippen molar-refractivity contribution in [2.24, 2.45) is 7.05 Å². The molecule has 1 aliphatic heterocycles. The predicted molar refractivity (Wildman–Crippen MR) is 92.9 cm³/mol. The average molecular weight is 396 g/mol. The van der Waals surface area contributed by atoms with Crippen LogP contribution in [0.4, 0.5) is 18.0 Å². The standard InChI is InChI=1S/C18H19F3N4O3/c1-24-14(9-15(23-24)18(19,20)21)16(26)22-13-7-8-25(17(27)28)10-12(13)11-5-3-2-4-6-11/h2-6,9,12-13H,7-8,10H2,1H3,(H,22,26)(H,27,28)/t12-,13-/m1/s1. The van der Waals surface area contributed by atoms with Crippen molar-refractivity contribution in [2.75, 3.05) is 13.1 Å². The Balaban J connectivity index is 1.82. The molecule has 0 saturated carbocycles. The zero-order chi connectivity index (χ0) is 20.5. The maximum atomic E-state index is 12.8. The number of aryl methyl sites for hydroxylation is 1. The zero-order valence-electron chi connectivity index (χ0n) is 15.0. The van der Waals surface area contributed by atoms with Crippen LogP contribution in [0, 0.1) is 0 Å². The minimum Gasteiger partial charge on any atom is -0.465 e. The van der Waals surface area contributed by atoms with Crippen LogP contribution in [-0.4, -0.2) is 50.9 Å².